The molecule has 2 heterocycles. The van der Waals surface area contributed by atoms with Gasteiger partial charge in [0.2, 0.25) is 11.7 Å². The zero-order chi connectivity index (χ0) is 13.5. The Labute approximate surface area is 106 Å². The van der Waals surface area contributed by atoms with Crippen molar-refractivity contribution in [2.24, 2.45) is 0 Å². The number of rotatable bonds is 2. The van der Waals surface area contributed by atoms with Gasteiger partial charge >= 0.3 is 6.18 Å². The number of hydrogen-bond acceptors (Lipinski definition) is 4. The van der Waals surface area contributed by atoms with Gasteiger partial charge in [0.15, 0.2) is 0 Å². The summed E-state index contributed by atoms with van der Waals surface area (Å²) in [7, 11) is 0. The van der Waals surface area contributed by atoms with E-state index in [1.807, 2.05) is 0 Å². The highest BCUT2D eigenvalue weighted by Crippen LogP contribution is 2.36. The van der Waals surface area contributed by atoms with E-state index in [-0.39, 0.29) is 17.3 Å². The second kappa shape index (κ2) is 4.34. The molecule has 2 aromatic rings. The van der Waals surface area contributed by atoms with Crippen LogP contribution in [-0.4, -0.2) is 23.2 Å². The molecular formula is C12H10F3N3O. The number of benzene rings is 1. The second-order valence-corrected chi connectivity index (χ2v) is 4.35. The predicted octanol–water partition coefficient (Wildman–Crippen LogP) is 2.44. The molecule has 1 aromatic heterocycles. The molecule has 100 valence electrons. The van der Waals surface area contributed by atoms with Crippen molar-refractivity contribution in [3.05, 3.63) is 35.7 Å². The summed E-state index contributed by atoms with van der Waals surface area (Å²) in [6, 6.07) is 5.21. The molecule has 1 fully saturated rings. The first-order chi connectivity index (χ1) is 9.05. The van der Waals surface area contributed by atoms with Crippen molar-refractivity contribution < 1.29 is 17.7 Å². The van der Waals surface area contributed by atoms with E-state index in [4.69, 9.17) is 4.52 Å². The number of nitrogens with zero attached hydrogens (tertiary/aromatic N) is 2. The topological polar surface area (TPSA) is 51.0 Å². The highest BCUT2D eigenvalue weighted by atomic mass is 19.4. The van der Waals surface area contributed by atoms with Gasteiger partial charge in [-0.15, -0.1) is 0 Å². The van der Waals surface area contributed by atoms with Crippen molar-refractivity contribution in [3.63, 3.8) is 0 Å². The van der Waals surface area contributed by atoms with E-state index in [2.05, 4.69) is 15.5 Å². The van der Waals surface area contributed by atoms with E-state index in [0.717, 1.165) is 6.07 Å². The first-order valence-corrected chi connectivity index (χ1v) is 5.76. The maximum atomic E-state index is 12.9. The largest absolute Gasteiger partial charge is 0.417 e. The van der Waals surface area contributed by atoms with Crippen molar-refractivity contribution >= 4 is 0 Å². The van der Waals surface area contributed by atoms with Gasteiger partial charge in [-0.25, -0.2) is 0 Å². The van der Waals surface area contributed by atoms with Crippen molar-refractivity contribution in [1.29, 1.82) is 0 Å². The molecule has 3 rings (SSSR count). The van der Waals surface area contributed by atoms with E-state index < -0.39 is 11.7 Å². The number of aromatic nitrogens is 2. The normalized spacial score (nSPS) is 16.4. The molecule has 7 heteroatoms. The van der Waals surface area contributed by atoms with Crippen LogP contribution in [0.1, 0.15) is 17.4 Å². The van der Waals surface area contributed by atoms with Crippen LogP contribution in [0.4, 0.5) is 13.2 Å². The first kappa shape index (κ1) is 12.2. The molecule has 1 aliphatic heterocycles. The van der Waals surface area contributed by atoms with Crippen LogP contribution in [0.15, 0.2) is 28.8 Å². The minimum Gasteiger partial charge on any atom is -0.339 e. The molecule has 0 unspecified atom stereocenters. The van der Waals surface area contributed by atoms with Gasteiger partial charge in [0, 0.05) is 18.7 Å². The summed E-state index contributed by atoms with van der Waals surface area (Å²) in [5.74, 6) is 0.458. The lowest BCUT2D eigenvalue weighted by Crippen LogP contribution is -2.40. The molecule has 1 aliphatic rings. The number of hydrogen-bond donors (Lipinski definition) is 1. The van der Waals surface area contributed by atoms with Crippen LogP contribution in [0, 0.1) is 0 Å². The van der Waals surface area contributed by atoms with Crippen LogP contribution < -0.4 is 5.32 Å². The highest BCUT2D eigenvalue weighted by Gasteiger charge is 2.35. The zero-order valence-electron chi connectivity index (χ0n) is 9.74. The highest BCUT2D eigenvalue weighted by molar-refractivity contribution is 5.60. The SMILES string of the molecule is FC(F)(F)c1ccccc1-c1noc(C2CNC2)n1. The van der Waals surface area contributed by atoms with Crippen molar-refractivity contribution in [1.82, 2.24) is 15.5 Å². The lowest BCUT2D eigenvalue weighted by molar-refractivity contribution is -0.137. The summed E-state index contributed by atoms with van der Waals surface area (Å²) in [4.78, 5) is 4.06. The predicted molar refractivity (Wildman–Crippen MR) is 60.3 cm³/mol. The minimum absolute atomic E-state index is 0.0187. The summed E-state index contributed by atoms with van der Waals surface area (Å²) < 4.78 is 43.7. The maximum Gasteiger partial charge on any atom is 0.417 e. The van der Waals surface area contributed by atoms with Gasteiger partial charge < -0.3 is 9.84 Å². The van der Waals surface area contributed by atoms with Crippen molar-refractivity contribution in [3.8, 4) is 11.4 Å². The monoisotopic (exact) mass is 269 g/mol. The van der Waals surface area contributed by atoms with Crippen LogP contribution in [0.25, 0.3) is 11.4 Å². The quantitative estimate of drug-likeness (QED) is 0.909. The second-order valence-electron chi connectivity index (χ2n) is 4.35. The zero-order valence-corrected chi connectivity index (χ0v) is 9.74. The third-order valence-electron chi connectivity index (χ3n) is 3.05. The summed E-state index contributed by atoms with van der Waals surface area (Å²) >= 11 is 0. The fraction of sp³-hybridized carbons (Fsp3) is 0.333. The molecular weight excluding hydrogens is 259 g/mol. The van der Waals surface area contributed by atoms with E-state index in [0.29, 0.717) is 19.0 Å². The fourth-order valence-corrected chi connectivity index (χ4v) is 1.90. The van der Waals surface area contributed by atoms with Crippen molar-refractivity contribution in [2.45, 2.75) is 12.1 Å². The van der Waals surface area contributed by atoms with Crippen LogP contribution in [0.5, 0.6) is 0 Å². The Morgan fingerprint density at radius 3 is 2.58 bits per heavy atom. The molecule has 1 aromatic carbocycles. The Balaban J connectivity index is 1.99. The molecule has 0 saturated carbocycles. The molecule has 0 spiro atoms. The van der Waals surface area contributed by atoms with Gasteiger partial charge in [-0.2, -0.15) is 18.2 Å². The van der Waals surface area contributed by atoms with Gasteiger partial charge in [-0.1, -0.05) is 23.4 Å². The minimum atomic E-state index is -4.44. The van der Waals surface area contributed by atoms with E-state index >= 15 is 0 Å². The van der Waals surface area contributed by atoms with Gasteiger partial charge in [-0.3, -0.25) is 0 Å². The van der Waals surface area contributed by atoms with Gasteiger partial charge in [0.1, 0.15) is 0 Å². The maximum absolute atomic E-state index is 12.9. The Bertz CT molecular complexity index is 590. The van der Waals surface area contributed by atoms with E-state index in [1.165, 1.54) is 18.2 Å². The van der Waals surface area contributed by atoms with E-state index in [9.17, 15) is 13.2 Å². The summed E-state index contributed by atoms with van der Waals surface area (Å²) in [6.07, 6.45) is -4.44. The average Bonchev–Trinajstić information content (AvgIpc) is 2.75. The summed E-state index contributed by atoms with van der Waals surface area (Å²) in [6.45, 7) is 1.42. The molecule has 0 radical (unpaired) electrons. The molecule has 1 saturated heterocycles. The Morgan fingerprint density at radius 1 is 1.21 bits per heavy atom. The standard InChI is InChI=1S/C12H10F3N3O/c13-12(14,15)9-4-2-1-3-8(9)10-17-11(19-18-10)7-5-16-6-7/h1-4,7,16H,5-6H2. The van der Waals surface area contributed by atoms with Crippen LogP contribution in [0.2, 0.25) is 0 Å². The van der Waals surface area contributed by atoms with Gasteiger partial charge in [0.05, 0.1) is 11.5 Å². The van der Waals surface area contributed by atoms with Crippen LogP contribution >= 0.6 is 0 Å². The summed E-state index contributed by atoms with van der Waals surface area (Å²) in [5.41, 5.74) is -0.814. The van der Waals surface area contributed by atoms with Crippen LogP contribution in [-0.2, 0) is 6.18 Å². The Hall–Kier alpha value is -1.89. The van der Waals surface area contributed by atoms with E-state index in [1.54, 1.807) is 0 Å². The number of halogens is 3. The Morgan fingerprint density at radius 2 is 1.95 bits per heavy atom. The first-order valence-electron chi connectivity index (χ1n) is 5.76. The third kappa shape index (κ3) is 2.21. The number of nitrogens with one attached hydrogen (secondary N) is 1. The van der Waals surface area contributed by atoms with Gasteiger partial charge in [0.25, 0.3) is 0 Å². The van der Waals surface area contributed by atoms with Gasteiger partial charge in [-0.05, 0) is 6.07 Å². The Kier molecular flexibility index (Phi) is 2.78. The molecule has 0 amide bonds. The molecule has 0 atom stereocenters. The molecule has 19 heavy (non-hydrogen) atoms. The molecule has 0 bridgehead atoms. The summed E-state index contributed by atoms with van der Waals surface area (Å²) in [5, 5.41) is 6.69. The smallest absolute Gasteiger partial charge is 0.339 e. The lowest BCUT2D eigenvalue weighted by atomic mass is 10.0. The van der Waals surface area contributed by atoms with Crippen molar-refractivity contribution in [2.75, 3.05) is 13.1 Å². The average molecular weight is 269 g/mol. The number of alkyl halides is 3. The molecule has 0 aliphatic carbocycles. The third-order valence-corrected chi connectivity index (χ3v) is 3.05. The molecule has 1 N–H and O–H groups in total. The molecule has 4 nitrogen and oxygen atoms in total. The van der Waals surface area contributed by atoms with Crippen LogP contribution in [0.3, 0.4) is 0 Å². The fourth-order valence-electron chi connectivity index (χ4n) is 1.90. The lowest BCUT2D eigenvalue weighted by Gasteiger charge is -2.22.